The maximum absolute atomic E-state index is 13.0. The Kier molecular flexibility index (Phi) is 4.40. The van der Waals surface area contributed by atoms with Gasteiger partial charge in [-0.3, -0.25) is 9.78 Å². The topological polar surface area (TPSA) is 33.2 Å². The maximum Gasteiger partial charge on any atom is 0.232 e. The highest BCUT2D eigenvalue weighted by atomic mass is 35.5. The van der Waals surface area contributed by atoms with E-state index in [1.165, 1.54) is 5.56 Å². The lowest BCUT2D eigenvalue weighted by molar-refractivity contribution is -0.135. The number of nitrogens with zero attached hydrogens (tertiary/aromatic N) is 2. The van der Waals surface area contributed by atoms with Crippen LogP contribution in [-0.2, 0) is 10.2 Å². The van der Waals surface area contributed by atoms with Crippen molar-refractivity contribution in [2.24, 2.45) is 0 Å². The lowest BCUT2D eigenvalue weighted by Crippen LogP contribution is -2.42. The zero-order chi connectivity index (χ0) is 16.4. The first-order chi connectivity index (χ1) is 11.0. The van der Waals surface area contributed by atoms with E-state index in [1.807, 2.05) is 55.3 Å². The number of carbonyl (C=O) groups excluding carboxylic acids is 1. The summed E-state index contributed by atoms with van der Waals surface area (Å²) in [5.74, 6) is 0.555. The molecule has 3 nitrogen and oxygen atoms in total. The molecule has 0 saturated carbocycles. The van der Waals surface area contributed by atoms with E-state index in [0.29, 0.717) is 10.9 Å². The SMILES string of the molecule is CC(C)(C(=O)N1CCC(c2cccnc2)C1)c1ccc(Cl)cc1. The van der Waals surface area contributed by atoms with Gasteiger partial charge in [0.2, 0.25) is 5.91 Å². The van der Waals surface area contributed by atoms with Crippen LogP contribution in [0.25, 0.3) is 0 Å². The second kappa shape index (κ2) is 6.32. The van der Waals surface area contributed by atoms with Crippen LogP contribution < -0.4 is 0 Å². The standard InChI is InChI=1S/C19H21ClN2O/c1-19(2,16-5-7-17(20)8-6-16)18(23)22-11-9-15(13-22)14-4-3-10-21-12-14/h3-8,10,12,15H,9,11,13H2,1-2H3. The molecular weight excluding hydrogens is 308 g/mol. The number of halogens is 1. The van der Waals surface area contributed by atoms with E-state index in [9.17, 15) is 4.79 Å². The summed E-state index contributed by atoms with van der Waals surface area (Å²) in [7, 11) is 0. The number of likely N-dealkylation sites (tertiary alicyclic amines) is 1. The molecule has 0 spiro atoms. The number of rotatable bonds is 3. The predicted molar refractivity (Wildman–Crippen MR) is 92.7 cm³/mol. The number of hydrogen-bond acceptors (Lipinski definition) is 2. The second-order valence-corrected chi connectivity index (χ2v) is 7.09. The number of carbonyl (C=O) groups is 1. The zero-order valence-corrected chi connectivity index (χ0v) is 14.3. The van der Waals surface area contributed by atoms with E-state index in [4.69, 9.17) is 11.6 Å². The molecule has 1 aliphatic heterocycles. The lowest BCUT2D eigenvalue weighted by atomic mass is 9.83. The van der Waals surface area contributed by atoms with Gasteiger partial charge in [-0.1, -0.05) is 29.8 Å². The van der Waals surface area contributed by atoms with Gasteiger partial charge in [0.15, 0.2) is 0 Å². The van der Waals surface area contributed by atoms with Crippen molar-refractivity contribution in [3.05, 3.63) is 64.9 Å². The van der Waals surface area contributed by atoms with Crippen molar-refractivity contribution in [1.29, 1.82) is 0 Å². The summed E-state index contributed by atoms with van der Waals surface area (Å²) >= 11 is 5.95. The third-order valence-electron chi connectivity index (χ3n) is 4.73. The highest BCUT2D eigenvalue weighted by Crippen LogP contribution is 2.32. The average Bonchev–Trinajstić information content (AvgIpc) is 3.05. The summed E-state index contributed by atoms with van der Waals surface area (Å²) in [6.45, 7) is 5.53. The monoisotopic (exact) mass is 328 g/mol. The molecule has 2 heterocycles. The van der Waals surface area contributed by atoms with Crippen molar-refractivity contribution < 1.29 is 4.79 Å². The minimum atomic E-state index is -0.547. The van der Waals surface area contributed by atoms with Crippen LogP contribution in [0.15, 0.2) is 48.8 Å². The van der Waals surface area contributed by atoms with Crippen molar-refractivity contribution in [3.8, 4) is 0 Å². The fourth-order valence-electron chi connectivity index (χ4n) is 3.22. The van der Waals surface area contributed by atoms with Gasteiger partial charge < -0.3 is 4.90 Å². The molecule has 1 atom stereocenters. The van der Waals surface area contributed by atoms with Crippen LogP contribution in [0.4, 0.5) is 0 Å². The quantitative estimate of drug-likeness (QED) is 0.852. The largest absolute Gasteiger partial charge is 0.341 e. The van der Waals surface area contributed by atoms with Crippen LogP contribution in [0.3, 0.4) is 0 Å². The number of amides is 1. The Hall–Kier alpha value is -1.87. The Labute approximate surface area is 142 Å². The minimum Gasteiger partial charge on any atom is -0.341 e. The molecule has 0 aliphatic carbocycles. The molecule has 1 unspecified atom stereocenters. The predicted octanol–water partition coefficient (Wildman–Crippen LogP) is 4.03. The first-order valence-corrected chi connectivity index (χ1v) is 8.31. The molecule has 0 bridgehead atoms. The summed E-state index contributed by atoms with van der Waals surface area (Å²) in [5, 5.41) is 0.690. The lowest BCUT2D eigenvalue weighted by Gasteiger charge is -2.30. The summed E-state index contributed by atoms with van der Waals surface area (Å²) in [4.78, 5) is 19.2. The van der Waals surface area contributed by atoms with Crippen molar-refractivity contribution in [1.82, 2.24) is 9.88 Å². The fraction of sp³-hybridized carbons (Fsp3) is 0.368. The molecule has 3 rings (SSSR count). The molecule has 1 amide bonds. The van der Waals surface area contributed by atoms with E-state index < -0.39 is 5.41 Å². The molecule has 1 fully saturated rings. The summed E-state index contributed by atoms with van der Waals surface area (Å²) in [6, 6.07) is 11.6. The molecule has 1 aromatic carbocycles. The Morgan fingerprint density at radius 1 is 1.26 bits per heavy atom. The maximum atomic E-state index is 13.0. The van der Waals surface area contributed by atoms with E-state index in [2.05, 4.69) is 11.1 Å². The van der Waals surface area contributed by atoms with Crippen molar-refractivity contribution in [3.63, 3.8) is 0 Å². The third kappa shape index (κ3) is 3.25. The summed E-state index contributed by atoms with van der Waals surface area (Å²) in [5.41, 5.74) is 1.66. The molecule has 1 saturated heterocycles. The van der Waals surface area contributed by atoms with Crippen LogP contribution >= 0.6 is 11.6 Å². The number of benzene rings is 1. The Morgan fingerprint density at radius 2 is 2.00 bits per heavy atom. The van der Waals surface area contributed by atoms with Gasteiger partial charge in [-0.25, -0.2) is 0 Å². The molecule has 0 radical (unpaired) electrons. The molecule has 0 N–H and O–H groups in total. The van der Waals surface area contributed by atoms with Gasteiger partial charge in [-0.2, -0.15) is 0 Å². The first kappa shape index (κ1) is 16.0. The van der Waals surface area contributed by atoms with E-state index in [0.717, 1.165) is 25.1 Å². The van der Waals surface area contributed by atoms with Crippen LogP contribution in [0.2, 0.25) is 5.02 Å². The zero-order valence-electron chi connectivity index (χ0n) is 13.5. The van der Waals surface area contributed by atoms with Gasteiger partial charge in [0.1, 0.15) is 0 Å². The first-order valence-electron chi connectivity index (χ1n) is 7.94. The normalized spacial score (nSPS) is 18.2. The number of hydrogen-bond donors (Lipinski definition) is 0. The van der Waals surface area contributed by atoms with Gasteiger partial charge in [0.25, 0.3) is 0 Å². The molecule has 23 heavy (non-hydrogen) atoms. The van der Waals surface area contributed by atoms with Gasteiger partial charge >= 0.3 is 0 Å². The van der Waals surface area contributed by atoms with E-state index in [-0.39, 0.29) is 5.91 Å². The van der Waals surface area contributed by atoms with Crippen molar-refractivity contribution >= 4 is 17.5 Å². The van der Waals surface area contributed by atoms with Crippen LogP contribution in [0, 0.1) is 0 Å². The fourth-order valence-corrected chi connectivity index (χ4v) is 3.35. The second-order valence-electron chi connectivity index (χ2n) is 6.66. The average molecular weight is 329 g/mol. The van der Waals surface area contributed by atoms with Gasteiger partial charge in [-0.15, -0.1) is 0 Å². The molecule has 4 heteroatoms. The highest BCUT2D eigenvalue weighted by molar-refractivity contribution is 6.30. The molecule has 2 aromatic rings. The Morgan fingerprint density at radius 3 is 2.65 bits per heavy atom. The number of pyridine rings is 1. The van der Waals surface area contributed by atoms with Gasteiger partial charge in [-0.05, 0) is 49.6 Å². The minimum absolute atomic E-state index is 0.172. The van der Waals surface area contributed by atoms with Crippen LogP contribution in [-0.4, -0.2) is 28.9 Å². The molecule has 1 aliphatic rings. The third-order valence-corrected chi connectivity index (χ3v) is 4.98. The Balaban J connectivity index is 1.74. The van der Waals surface area contributed by atoms with E-state index in [1.54, 1.807) is 6.20 Å². The van der Waals surface area contributed by atoms with Crippen molar-refractivity contribution in [2.45, 2.75) is 31.6 Å². The van der Waals surface area contributed by atoms with Crippen molar-refractivity contribution in [2.75, 3.05) is 13.1 Å². The molecule has 1 aromatic heterocycles. The smallest absolute Gasteiger partial charge is 0.232 e. The Bertz CT molecular complexity index is 682. The summed E-state index contributed by atoms with van der Waals surface area (Å²) in [6.07, 6.45) is 4.68. The summed E-state index contributed by atoms with van der Waals surface area (Å²) < 4.78 is 0. The molecule has 120 valence electrons. The van der Waals surface area contributed by atoms with Crippen LogP contribution in [0.5, 0.6) is 0 Å². The van der Waals surface area contributed by atoms with Gasteiger partial charge in [0.05, 0.1) is 5.41 Å². The molecular formula is C19H21ClN2O. The van der Waals surface area contributed by atoms with E-state index >= 15 is 0 Å². The highest BCUT2D eigenvalue weighted by Gasteiger charge is 2.37. The van der Waals surface area contributed by atoms with Crippen LogP contribution in [0.1, 0.15) is 37.3 Å². The van der Waals surface area contributed by atoms with Gasteiger partial charge in [0, 0.05) is 36.4 Å². The number of aromatic nitrogens is 1.